The largest absolute Gasteiger partial charge is 0.497 e. The number of benzene rings is 3. The monoisotopic (exact) mass is 539 g/mol. The second-order valence-corrected chi connectivity index (χ2v) is 8.00. The van der Waals surface area contributed by atoms with Crippen LogP contribution in [-0.2, 0) is 9.59 Å². The SMILES string of the molecule is COc1cccc(C(=O)Oc2ccc(/C(C)=N/NC(=O)C(=O)Nc3ccc(Br)cc3)cc2OC)c1. The maximum atomic E-state index is 12.5. The molecule has 0 unspecified atom stereocenters. The third kappa shape index (κ3) is 6.90. The summed E-state index contributed by atoms with van der Waals surface area (Å²) >= 11 is 3.30. The van der Waals surface area contributed by atoms with Crippen molar-refractivity contribution in [3.63, 3.8) is 0 Å². The van der Waals surface area contributed by atoms with E-state index in [4.69, 9.17) is 14.2 Å². The smallest absolute Gasteiger partial charge is 0.343 e. The number of hydrogen-bond acceptors (Lipinski definition) is 7. The number of nitrogens with zero attached hydrogens (tertiary/aromatic N) is 1. The van der Waals surface area contributed by atoms with Gasteiger partial charge < -0.3 is 19.5 Å². The lowest BCUT2D eigenvalue weighted by Crippen LogP contribution is -2.32. The predicted octanol–water partition coefficient (Wildman–Crippen LogP) is 4.16. The van der Waals surface area contributed by atoms with Gasteiger partial charge in [-0.2, -0.15) is 5.10 Å². The normalized spacial score (nSPS) is 10.8. The van der Waals surface area contributed by atoms with Crippen molar-refractivity contribution in [3.8, 4) is 17.2 Å². The summed E-state index contributed by atoms with van der Waals surface area (Å²) in [6, 6.07) is 18.1. The molecular formula is C25H22BrN3O6. The number of carbonyl (C=O) groups is 3. The second kappa shape index (κ2) is 11.8. The zero-order chi connectivity index (χ0) is 25.4. The van der Waals surface area contributed by atoms with E-state index in [9.17, 15) is 14.4 Å². The van der Waals surface area contributed by atoms with Crippen LogP contribution in [0.1, 0.15) is 22.8 Å². The van der Waals surface area contributed by atoms with Crippen LogP contribution in [-0.4, -0.2) is 37.7 Å². The minimum atomic E-state index is -0.928. The molecule has 35 heavy (non-hydrogen) atoms. The van der Waals surface area contributed by atoms with Gasteiger partial charge in [0.15, 0.2) is 11.5 Å². The Morgan fingerprint density at radius 2 is 1.57 bits per heavy atom. The zero-order valence-corrected chi connectivity index (χ0v) is 20.7. The lowest BCUT2D eigenvalue weighted by Gasteiger charge is -2.11. The van der Waals surface area contributed by atoms with Gasteiger partial charge in [0.05, 0.1) is 25.5 Å². The van der Waals surface area contributed by atoms with E-state index < -0.39 is 17.8 Å². The molecule has 0 bridgehead atoms. The minimum absolute atomic E-state index is 0.204. The number of anilines is 1. The Balaban J connectivity index is 1.66. The highest BCUT2D eigenvalue weighted by molar-refractivity contribution is 9.10. The maximum absolute atomic E-state index is 12.5. The van der Waals surface area contributed by atoms with Crippen LogP contribution in [0.2, 0.25) is 0 Å². The Morgan fingerprint density at radius 1 is 0.829 bits per heavy atom. The molecule has 3 aromatic rings. The molecule has 0 aromatic heterocycles. The highest BCUT2D eigenvalue weighted by Crippen LogP contribution is 2.29. The van der Waals surface area contributed by atoms with Crippen LogP contribution < -0.4 is 25.0 Å². The van der Waals surface area contributed by atoms with Crippen molar-refractivity contribution in [3.05, 3.63) is 82.3 Å². The maximum Gasteiger partial charge on any atom is 0.343 e. The number of esters is 1. The standard InChI is InChI=1S/C25H22BrN3O6/c1-15(28-29-24(31)23(30)27-19-10-8-18(26)9-11-19)16-7-12-21(22(14-16)34-3)35-25(32)17-5-4-6-20(13-17)33-2/h4-14H,1-3H3,(H,27,30)(H,29,31)/b28-15+. The number of rotatable bonds is 7. The first-order chi connectivity index (χ1) is 16.8. The number of hydrazone groups is 1. The molecule has 0 atom stereocenters. The average molecular weight is 540 g/mol. The van der Waals surface area contributed by atoms with E-state index in [1.54, 1.807) is 73.7 Å². The van der Waals surface area contributed by atoms with Gasteiger partial charge in [0.2, 0.25) is 0 Å². The van der Waals surface area contributed by atoms with E-state index >= 15 is 0 Å². The third-order valence-electron chi connectivity index (χ3n) is 4.72. The summed E-state index contributed by atoms with van der Waals surface area (Å²) < 4.78 is 16.8. The fourth-order valence-electron chi connectivity index (χ4n) is 2.86. The molecule has 0 radical (unpaired) electrons. The van der Waals surface area contributed by atoms with E-state index in [-0.39, 0.29) is 11.5 Å². The molecular weight excluding hydrogens is 518 g/mol. The molecule has 3 rings (SSSR count). The summed E-state index contributed by atoms with van der Waals surface area (Å²) in [4.78, 5) is 36.7. The molecule has 9 nitrogen and oxygen atoms in total. The number of ether oxygens (including phenoxy) is 3. The van der Waals surface area contributed by atoms with Crippen LogP contribution in [0.15, 0.2) is 76.3 Å². The van der Waals surface area contributed by atoms with Gasteiger partial charge in [-0.15, -0.1) is 0 Å². The number of amides is 2. The van der Waals surface area contributed by atoms with Crippen LogP contribution in [0.3, 0.4) is 0 Å². The predicted molar refractivity (Wildman–Crippen MR) is 134 cm³/mol. The van der Waals surface area contributed by atoms with Gasteiger partial charge in [-0.3, -0.25) is 9.59 Å². The molecule has 0 saturated heterocycles. The second-order valence-electron chi connectivity index (χ2n) is 7.09. The molecule has 3 aromatic carbocycles. The molecule has 0 aliphatic carbocycles. The first-order valence-electron chi connectivity index (χ1n) is 10.3. The summed E-state index contributed by atoms with van der Waals surface area (Å²) in [6.45, 7) is 1.64. The number of halogens is 1. The lowest BCUT2D eigenvalue weighted by molar-refractivity contribution is -0.136. The zero-order valence-electron chi connectivity index (χ0n) is 19.1. The van der Waals surface area contributed by atoms with Gasteiger partial charge in [0, 0.05) is 15.7 Å². The van der Waals surface area contributed by atoms with Crippen molar-refractivity contribution in [1.82, 2.24) is 5.43 Å². The molecule has 2 N–H and O–H groups in total. The average Bonchev–Trinajstić information content (AvgIpc) is 2.88. The molecule has 2 amide bonds. The Morgan fingerprint density at radius 3 is 2.26 bits per heavy atom. The quantitative estimate of drug-likeness (QED) is 0.153. The minimum Gasteiger partial charge on any atom is -0.497 e. The Hall–Kier alpha value is -4.18. The summed E-state index contributed by atoms with van der Waals surface area (Å²) in [5.41, 5.74) is 3.99. The first kappa shape index (κ1) is 25.4. The number of methoxy groups -OCH3 is 2. The van der Waals surface area contributed by atoms with Gasteiger partial charge in [-0.1, -0.05) is 22.0 Å². The Labute approximate surface area is 210 Å². The van der Waals surface area contributed by atoms with Gasteiger partial charge in [-0.25, -0.2) is 10.2 Å². The van der Waals surface area contributed by atoms with E-state index in [1.165, 1.54) is 14.2 Å². The van der Waals surface area contributed by atoms with E-state index in [1.807, 2.05) is 0 Å². The van der Waals surface area contributed by atoms with E-state index in [0.29, 0.717) is 28.3 Å². The highest BCUT2D eigenvalue weighted by Gasteiger charge is 2.16. The van der Waals surface area contributed by atoms with Crippen molar-refractivity contribution in [2.75, 3.05) is 19.5 Å². The van der Waals surface area contributed by atoms with Gasteiger partial charge in [-0.05, 0) is 67.6 Å². The number of carbonyl (C=O) groups excluding carboxylic acids is 3. The van der Waals surface area contributed by atoms with Crippen molar-refractivity contribution < 1.29 is 28.6 Å². The summed E-state index contributed by atoms with van der Waals surface area (Å²) in [5, 5.41) is 6.45. The number of nitrogens with one attached hydrogen (secondary N) is 2. The van der Waals surface area contributed by atoms with Gasteiger partial charge >= 0.3 is 17.8 Å². The van der Waals surface area contributed by atoms with Crippen LogP contribution in [0.4, 0.5) is 5.69 Å². The Bertz CT molecular complexity index is 1270. The fourth-order valence-corrected chi connectivity index (χ4v) is 3.12. The molecule has 0 aliphatic rings. The summed E-state index contributed by atoms with van der Waals surface area (Å²) in [5.74, 6) is -1.35. The van der Waals surface area contributed by atoms with Crippen LogP contribution in [0, 0.1) is 0 Å². The van der Waals surface area contributed by atoms with Crippen LogP contribution >= 0.6 is 15.9 Å². The third-order valence-corrected chi connectivity index (χ3v) is 5.25. The van der Waals surface area contributed by atoms with Crippen molar-refractivity contribution in [2.24, 2.45) is 5.10 Å². The van der Waals surface area contributed by atoms with Crippen molar-refractivity contribution in [2.45, 2.75) is 6.92 Å². The van der Waals surface area contributed by atoms with Gasteiger partial charge in [0.25, 0.3) is 0 Å². The Kier molecular flexibility index (Phi) is 8.58. The van der Waals surface area contributed by atoms with Crippen LogP contribution in [0.5, 0.6) is 17.2 Å². The first-order valence-corrected chi connectivity index (χ1v) is 11.1. The molecule has 0 spiro atoms. The fraction of sp³-hybridized carbons (Fsp3) is 0.120. The molecule has 0 fully saturated rings. The topological polar surface area (TPSA) is 115 Å². The summed E-state index contributed by atoms with van der Waals surface area (Å²) in [7, 11) is 2.94. The molecule has 10 heteroatoms. The van der Waals surface area contributed by atoms with E-state index in [0.717, 1.165) is 4.47 Å². The van der Waals surface area contributed by atoms with Crippen LogP contribution in [0.25, 0.3) is 0 Å². The highest BCUT2D eigenvalue weighted by atomic mass is 79.9. The summed E-state index contributed by atoms with van der Waals surface area (Å²) in [6.07, 6.45) is 0. The molecule has 0 aliphatic heterocycles. The molecule has 180 valence electrons. The van der Waals surface area contributed by atoms with Gasteiger partial charge in [0.1, 0.15) is 5.75 Å². The molecule has 0 heterocycles. The van der Waals surface area contributed by atoms with Crippen molar-refractivity contribution >= 4 is 45.1 Å². The number of hydrogen-bond donors (Lipinski definition) is 2. The van der Waals surface area contributed by atoms with E-state index in [2.05, 4.69) is 31.8 Å². The van der Waals surface area contributed by atoms with Crippen molar-refractivity contribution in [1.29, 1.82) is 0 Å². The lowest BCUT2D eigenvalue weighted by atomic mass is 10.1. The molecule has 0 saturated carbocycles.